The SMILES string of the molecule is CCOC1CC(O)C12CCN(Cc1cccc(C)c1C)CC2. The summed E-state index contributed by atoms with van der Waals surface area (Å²) in [6, 6.07) is 6.58. The summed E-state index contributed by atoms with van der Waals surface area (Å²) in [6.07, 6.45) is 3.06. The first kappa shape index (κ1) is 16.0. The summed E-state index contributed by atoms with van der Waals surface area (Å²) in [4.78, 5) is 2.53. The molecule has 2 aliphatic rings. The fraction of sp³-hybridized carbons (Fsp3) is 0.684. The van der Waals surface area contributed by atoms with Gasteiger partial charge in [-0.1, -0.05) is 18.2 Å². The average molecular weight is 303 g/mol. The minimum atomic E-state index is -0.160. The number of ether oxygens (including phenoxy) is 1. The summed E-state index contributed by atoms with van der Waals surface area (Å²) in [6.45, 7) is 10.4. The van der Waals surface area contributed by atoms with Crippen molar-refractivity contribution in [3.8, 4) is 0 Å². The van der Waals surface area contributed by atoms with Gasteiger partial charge < -0.3 is 9.84 Å². The van der Waals surface area contributed by atoms with E-state index in [1.165, 1.54) is 16.7 Å². The Morgan fingerprint density at radius 1 is 1.27 bits per heavy atom. The van der Waals surface area contributed by atoms with Gasteiger partial charge in [-0.3, -0.25) is 4.90 Å². The van der Waals surface area contributed by atoms with Crippen LogP contribution in [-0.2, 0) is 11.3 Å². The fourth-order valence-electron chi connectivity index (χ4n) is 4.17. The van der Waals surface area contributed by atoms with Gasteiger partial charge in [-0.2, -0.15) is 0 Å². The van der Waals surface area contributed by atoms with Crippen molar-refractivity contribution in [3.63, 3.8) is 0 Å². The molecule has 1 heterocycles. The lowest BCUT2D eigenvalue weighted by atomic mass is 9.58. The Hall–Kier alpha value is -0.900. The Balaban J connectivity index is 1.61. The standard InChI is InChI=1S/C19H29NO2/c1-4-22-18-12-17(21)19(18)8-10-20(11-9-19)13-16-7-5-6-14(2)15(16)3/h5-7,17-18,21H,4,8-13H2,1-3H3. The van der Waals surface area contributed by atoms with Gasteiger partial charge in [-0.25, -0.2) is 0 Å². The summed E-state index contributed by atoms with van der Waals surface area (Å²) in [5.41, 5.74) is 4.26. The summed E-state index contributed by atoms with van der Waals surface area (Å²) >= 11 is 0. The van der Waals surface area contributed by atoms with Crippen molar-refractivity contribution < 1.29 is 9.84 Å². The molecule has 3 nitrogen and oxygen atoms in total. The number of nitrogens with zero attached hydrogens (tertiary/aromatic N) is 1. The summed E-state index contributed by atoms with van der Waals surface area (Å²) in [7, 11) is 0. The van der Waals surface area contributed by atoms with Gasteiger partial charge in [-0.15, -0.1) is 0 Å². The third-order valence-corrected chi connectivity index (χ3v) is 6.01. The molecule has 0 radical (unpaired) electrons. The zero-order valence-corrected chi connectivity index (χ0v) is 14.1. The third kappa shape index (κ3) is 2.70. The van der Waals surface area contributed by atoms with Crippen LogP contribution in [0.4, 0.5) is 0 Å². The maximum Gasteiger partial charge on any atom is 0.0681 e. The van der Waals surface area contributed by atoms with E-state index in [0.717, 1.165) is 45.5 Å². The predicted molar refractivity (Wildman–Crippen MR) is 88.9 cm³/mol. The van der Waals surface area contributed by atoms with Crippen LogP contribution in [0.3, 0.4) is 0 Å². The van der Waals surface area contributed by atoms with Crippen molar-refractivity contribution in [2.24, 2.45) is 5.41 Å². The molecule has 2 fully saturated rings. The highest BCUT2D eigenvalue weighted by molar-refractivity contribution is 5.33. The third-order valence-electron chi connectivity index (χ3n) is 6.01. The molecule has 122 valence electrons. The molecule has 3 rings (SSSR count). The molecule has 3 heteroatoms. The Morgan fingerprint density at radius 2 is 2.00 bits per heavy atom. The molecule has 1 aromatic carbocycles. The minimum Gasteiger partial charge on any atom is -0.392 e. The summed E-state index contributed by atoms with van der Waals surface area (Å²) in [5, 5.41) is 10.3. The molecule has 1 saturated heterocycles. The normalized spacial score (nSPS) is 27.8. The van der Waals surface area contributed by atoms with E-state index in [1.54, 1.807) is 0 Å². The molecule has 1 saturated carbocycles. The molecule has 1 N–H and O–H groups in total. The van der Waals surface area contributed by atoms with E-state index in [4.69, 9.17) is 4.74 Å². The van der Waals surface area contributed by atoms with Crippen molar-refractivity contribution in [1.82, 2.24) is 4.90 Å². The van der Waals surface area contributed by atoms with E-state index in [9.17, 15) is 5.11 Å². The molecular weight excluding hydrogens is 274 g/mol. The minimum absolute atomic E-state index is 0.0359. The van der Waals surface area contributed by atoms with Crippen LogP contribution < -0.4 is 0 Å². The van der Waals surface area contributed by atoms with Gasteiger partial charge in [0.1, 0.15) is 0 Å². The zero-order valence-electron chi connectivity index (χ0n) is 14.1. The van der Waals surface area contributed by atoms with Gasteiger partial charge >= 0.3 is 0 Å². The van der Waals surface area contributed by atoms with E-state index in [2.05, 4.69) is 36.9 Å². The first-order valence-corrected chi connectivity index (χ1v) is 8.64. The lowest BCUT2D eigenvalue weighted by Gasteiger charge is -2.56. The molecule has 22 heavy (non-hydrogen) atoms. The molecule has 0 bridgehead atoms. The highest BCUT2D eigenvalue weighted by atomic mass is 16.5. The van der Waals surface area contributed by atoms with Crippen molar-refractivity contribution in [2.75, 3.05) is 19.7 Å². The first-order chi connectivity index (χ1) is 10.6. The number of benzene rings is 1. The zero-order chi connectivity index (χ0) is 15.7. The lowest BCUT2D eigenvalue weighted by Crippen LogP contribution is -2.62. The van der Waals surface area contributed by atoms with Crippen molar-refractivity contribution >= 4 is 0 Å². The van der Waals surface area contributed by atoms with Crippen LogP contribution in [0.15, 0.2) is 18.2 Å². The smallest absolute Gasteiger partial charge is 0.0681 e. The number of piperidine rings is 1. The number of rotatable bonds is 4. The number of likely N-dealkylation sites (tertiary alicyclic amines) is 1. The highest BCUT2D eigenvalue weighted by Gasteiger charge is 2.55. The second-order valence-electron chi connectivity index (χ2n) is 7.06. The Morgan fingerprint density at radius 3 is 2.64 bits per heavy atom. The Labute approximate surface area is 134 Å². The number of aliphatic hydroxyl groups is 1. The molecule has 1 aliphatic heterocycles. The molecular formula is C19H29NO2. The van der Waals surface area contributed by atoms with Crippen LogP contribution in [0, 0.1) is 19.3 Å². The maximum absolute atomic E-state index is 10.3. The van der Waals surface area contributed by atoms with Gasteiger partial charge in [0, 0.05) is 25.0 Å². The van der Waals surface area contributed by atoms with Crippen molar-refractivity contribution in [2.45, 2.75) is 58.8 Å². The number of hydrogen-bond acceptors (Lipinski definition) is 3. The van der Waals surface area contributed by atoms with E-state index in [1.807, 2.05) is 6.92 Å². The van der Waals surface area contributed by atoms with Crippen molar-refractivity contribution in [1.29, 1.82) is 0 Å². The largest absolute Gasteiger partial charge is 0.392 e. The molecule has 1 spiro atoms. The van der Waals surface area contributed by atoms with Crippen molar-refractivity contribution in [3.05, 3.63) is 34.9 Å². The Bertz CT molecular complexity index is 518. The Kier molecular flexibility index (Phi) is 4.58. The monoisotopic (exact) mass is 303 g/mol. The van der Waals surface area contributed by atoms with E-state index in [-0.39, 0.29) is 17.6 Å². The van der Waals surface area contributed by atoms with Gasteiger partial charge in [0.15, 0.2) is 0 Å². The topological polar surface area (TPSA) is 32.7 Å². The summed E-state index contributed by atoms with van der Waals surface area (Å²) in [5.74, 6) is 0. The predicted octanol–water partition coefficient (Wildman–Crippen LogP) is 3.06. The number of aryl methyl sites for hydroxylation is 1. The van der Waals surface area contributed by atoms with Gasteiger partial charge in [0.2, 0.25) is 0 Å². The van der Waals surface area contributed by atoms with E-state index >= 15 is 0 Å². The van der Waals surface area contributed by atoms with E-state index in [0.29, 0.717) is 0 Å². The van der Waals surface area contributed by atoms with Crippen LogP contribution in [-0.4, -0.2) is 41.9 Å². The molecule has 0 aromatic heterocycles. The van der Waals surface area contributed by atoms with E-state index < -0.39 is 0 Å². The number of aliphatic hydroxyl groups excluding tert-OH is 1. The van der Waals surface area contributed by atoms with Crippen LogP contribution in [0.2, 0.25) is 0 Å². The summed E-state index contributed by atoms with van der Waals surface area (Å²) < 4.78 is 5.85. The van der Waals surface area contributed by atoms with Gasteiger partial charge in [0.25, 0.3) is 0 Å². The molecule has 2 atom stereocenters. The fourth-order valence-corrected chi connectivity index (χ4v) is 4.17. The van der Waals surface area contributed by atoms with Gasteiger partial charge in [0.05, 0.1) is 12.2 Å². The number of hydrogen-bond donors (Lipinski definition) is 1. The molecule has 1 aliphatic carbocycles. The quantitative estimate of drug-likeness (QED) is 0.928. The average Bonchev–Trinajstić information content (AvgIpc) is 2.52. The second kappa shape index (κ2) is 6.31. The second-order valence-corrected chi connectivity index (χ2v) is 7.06. The first-order valence-electron chi connectivity index (χ1n) is 8.64. The molecule has 1 aromatic rings. The molecule has 0 amide bonds. The van der Waals surface area contributed by atoms with Crippen LogP contribution in [0.1, 0.15) is 42.9 Å². The van der Waals surface area contributed by atoms with Crippen LogP contribution in [0.25, 0.3) is 0 Å². The highest BCUT2D eigenvalue weighted by Crippen LogP contribution is 2.51. The lowest BCUT2D eigenvalue weighted by molar-refractivity contribution is -0.209. The van der Waals surface area contributed by atoms with Crippen LogP contribution >= 0.6 is 0 Å². The van der Waals surface area contributed by atoms with Crippen LogP contribution in [0.5, 0.6) is 0 Å². The van der Waals surface area contributed by atoms with Gasteiger partial charge in [-0.05, 0) is 63.4 Å². The maximum atomic E-state index is 10.3. The molecule has 2 unspecified atom stereocenters.